The van der Waals surface area contributed by atoms with Crippen molar-refractivity contribution in [3.8, 4) is 0 Å². The van der Waals surface area contributed by atoms with Crippen molar-refractivity contribution in [2.75, 3.05) is 6.54 Å². The highest BCUT2D eigenvalue weighted by molar-refractivity contribution is 8.15. The summed E-state index contributed by atoms with van der Waals surface area (Å²) in [5, 5.41) is 2.36. The van der Waals surface area contributed by atoms with Crippen molar-refractivity contribution in [3.63, 3.8) is 0 Å². The van der Waals surface area contributed by atoms with E-state index >= 15 is 0 Å². The fourth-order valence-electron chi connectivity index (χ4n) is 3.77. The van der Waals surface area contributed by atoms with Crippen LogP contribution in [0.25, 0.3) is 0 Å². The average Bonchev–Trinajstić information content (AvgIpc) is 2.85. The molecule has 2 fully saturated rings. The van der Waals surface area contributed by atoms with Gasteiger partial charge in [0, 0.05) is 22.4 Å². The second-order valence-electron chi connectivity index (χ2n) is 7.62. The van der Waals surface area contributed by atoms with Gasteiger partial charge in [0.15, 0.2) is 5.17 Å². The highest BCUT2D eigenvalue weighted by Gasteiger charge is 2.39. The van der Waals surface area contributed by atoms with Gasteiger partial charge in [-0.25, -0.2) is 4.99 Å². The predicted octanol–water partition coefficient (Wildman–Crippen LogP) is 7.20. The number of amidine groups is 1. The highest BCUT2D eigenvalue weighted by atomic mass is 35.5. The molecule has 1 atom stereocenters. The lowest BCUT2D eigenvalue weighted by Crippen LogP contribution is -2.41. The van der Waals surface area contributed by atoms with Crippen molar-refractivity contribution < 1.29 is 0 Å². The standard InChI is InChI=1S/C19H26Cl2N2S.ClH/c1-13(14-7-5-4-6-8-14)23-12-19(2,3)24-18(23)22-17-10-9-15(20)11-16(17)21;/h9-11,13-14H,4-8,12H2,1-3H3;1H/t13-;/m0./s1. The SMILES string of the molecule is C[C@@H](C1CCCCC1)N1CC(C)(C)SC1=Nc1ccc(Cl)cc1Cl.Cl. The number of halogens is 3. The smallest absolute Gasteiger partial charge is 0.165 e. The Morgan fingerprint density at radius 3 is 2.52 bits per heavy atom. The Morgan fingerprint density at radius 1 is 1.20 bits per heavy atom. The van der Waals surface area contributed by atoms with Gasteiger partial charge in [-0.05, 0) is 57.7 Å². The van der Waals surface area contributed by atoms with E-state index in [1.54, 1.807) is 6.07 Å². The Bertz CT molecular complexity index is 627. The topological polar surface area (TPSA) is 15.6 Å². The van der Waals surface area contributed by atoms with Gasteiger partial charge in [-0.1, -0.05) is 54.2 Å². The van der Waals surface area contributed by atoms with Crippen LogP contribution in [0.5, 0.6) is 0 Å². The third-order valence-corrected chi connectivity index (χ3v) is 6.84. The van der Waals surface area contributed by atoms with Gasteiger partial charge in [-0.15, -0.1) is 12.4 Å². The number of thioether (sulfide) groups is 1. The molecule has 0 amide bonds. The first-order chi connectivity index (χ1) is 11.4. The normalized spacial score (nSPS) is 23.6. The van der Waals surface area contributed by atoms with E-state index in [-0.39, 0.29) is 17.2 Å². The number of benzene rings is 1. The van der Waals surface area contributed by atoms with Crippen LogP contribution in [0.4, 0.5) is 5.69 Å². The lowest BCUT2D eigenvalue weighted by molar-refractivity contribution is 0.197. The maximum atomic E-state index is 6.34. The fraction of sp³-hybridized carbons (Fsp3) is 0.632. The van der Waals surface area contributed by atoms with Crippen molar-refractivity contribution in [1.29, 1.82) is 0 Å². The Kier molecular flexibility index (Phi) is 7.41. The average molecular weight is 422 g/mol. The highest BCUT2D eigenvalue weighted by Crippen LogP contribution is 2.41. The van der Waals surface area contributed by atoms with E-state index in [1.807, 2.05) is 23.9 Å². The molecule has 3 rings (SSSR count). The molecule has 1 heterocycles. The molecule has 1 aliphatic heterocycles. The van der Waals surface area contributed by atoms with Crippen molar-refractivity contribution in [2.24, 2.45) is 10.9 Å². The summed E-state index contributed by atoms with van der Waals surface area (Å²) in [6.07, 6.45) is 6.82. The first-order valence-corrected chi connectivity index (χ1v) is 10.4. The lowest BCUT2D eigenvalue weighted by Gasteiger charge is -2.35. The third kappa shape index (κ3) is 5.22. The minimum atomic E-state index is 0. The lowest BCUT2D eigenvalue weighted by atomic mass is 9.84. The van der Waals surface area contributed by atoms with Crippen LogP contribution >= 0.6 is 47.4 Å². The van der Waals surface area contributed by atoms with E-state index in [4.69, 9.17) is 28.2 Å². The van der Waals surface area contributed by atoms with Crippen molar-refractivity contribution in [2.45, 2.75) is 63.7 Å². The molecular weight excluding hydrogens is 395 g/mol. The Balaban J connectivity index is 0.00000225. The summed E-state index contributed by atoms with van der Waals surface area (Å²) in [6.45, 7) is 8.00. The van der Waals surface area contributed by atoms with Crippen LogP contribution in [0.3, 0.4) is 0 Å². The molecule has 140 valence electrons. The minimum absolute atomic E-state index is 0. The molecule has 0 spiro atoms. The quantitative estimate of drug-likeness (QED) is 0.512. The molecule has 1 aliphatic carbocycles. The summed E-state index contributed by atoms with van der Waals surface area (Å²) in [5.41, 5.74) is 0.808. The van der Waals surface area contributed by atoms with Gasteiger partial charge >= 0.3 is 0 Å². The molecule has 6 heteroatoms. The minimum Gasteiger partial charge on any atom is -0.347 e. The monoisotopic (exact) mass is 420 g/mol. The molecule has 0 N–H and O–H groups in total. The van der Waals surface area contributed by atoms with Gasteiger partial charge in [0.05, 0.1) is 10.7 Å². The van der Waals surface area contributed by atoms with Crippen molar-refractivity contribution in [3.05, 3.63) is 28.2 Å². The van der Waals surface area contributed by atoms with E-state index in [0.29, 0.717) is 16.1 Å². The van der Waals surface area contributed by atoms with E-state index < -0.39 is 0 Å². The van der Waals surface area contributed by atoms with E-state index in [0.717, 1.165) is 23.3 Å². The second kappa shape index (κ2) is 8.73. The molecular formula is C19H27Cl3N2S. The maximum absolute atomic E-state index is 6.34. The van der Waals surface area contributed by atoms with Crippen LogP contribution < -0.4 is 0 Å². The summed E-state index contributed by atoms with van der Waals surface area (Å²) in [6, 6.07) is 6.06. The first-order valence-electron chi connectivity index (χ1n) is 8.85. The fourth-order valence-corrected chi connectivity index (χ4v) is 5.41. The van der Waals surface area contributed by atoms with E-state index in [9.17, 15) is 0 Å². The van der Waals surface area contributed by atoms with Crippen LogP contribution in [-0.2, 0) is 0 Å². The molecule has 0 aromatic heterocycles. The molecule has 1 saturated carbocycles. The number of hydrogen-bond acceptors (Lipinski definition) is 2. The molecule has 1 aromatic carbocycles. The molecule has 1 saturated heterocycles. The molecule has 0 bridgehead atoms. The zero-order valence-electron chi connectivity index (χ0n) is 15.1. The third-order valence-electron chi connectivity index (χ3n) is 5.11. The molecule has 25 heavy (non-hydrogen) atoms. The molecule has 0 unspecified atom stereocenters. The van der Waals surface area contributed by atoms with Crippen LogP contribution in [0.15, 0.2) is 23.2 Å². The largest absolute Gasteiger partial charge is 0.347 e. The Morgan fingerprint density at radius 2 is 1.88 bits per heavy atom. The van der Waals surface area contributed by atoms with Gasteiger partial charge < -0.3 is 4.90 Å². The summed E-state index contributed by atoms with van der Waals surface area (Å²) >= 11 is 14.2. The van der Waals surface area contributed by atoms with Crippen LogP contribution in [0, 0.1) is 5.92 Å². The van der Waals surface area contributed by atoms with Gasteiger partial charge in [0.2, 0.25) is 0 Å². The summed E-state index contributed by atoms with van der Waals surface area (Å²) in [7, 11) is 0. The molecule has 0 radical (unpaired) electrons. The van der Waals surface area contributed by atoms with Gasteiger partial charge in [0.1, 0.15) is 0 Å². The van der Waals surface area contributed by atoms with E-state index in [2.05, 4.69) is 25.7 Å². The number of rotatable bonds is 3. The molecule has 1 aromatic rings. The predicted molar refractivity (Wildman–Crippen MR) is 115 cm³/mol. The van der Waals surface area contributed by atoms with Crippen LogP contribution in [0.1, 0.15) is 52.9 Å². The zero-order chi connectivity index (χ0) is 17.3. The van der Waals surface area contributed by atoms with Gasteiger partial charge in [0.25, 0.3) is 0 Å². The van der Waals surface area contributed by atoms with Gasteiger partial charge in [-0.3, -0.25) is 0 Å². The summed E-state index contributed by atoms with van der Waals surface area (Å²) in [4.78, 5) is 7.41. The number of aliphatic imine (C=N–C) groups is 1. The first kappa shape index (κ1) is 21.2. The maximum Gasteiger partial charge on any atom is 0.165 e. The zero-order valence-corrected chi connectivity index (χ0v) is 18.2. The molecule has 2 aliphatic rings. The number of hydrogen-bond donors (Lipinski definition) is 0. The summed E-state index contributed by atoms with van der Waals surface area (Å²) in [5.74, 6) is 0.777. The Labute approximate surface area is 172 Å². The van der Waals surface area contributed by atoms with Crippen molar-refractivity contribution >= 4 is 58.2 Å². The van der Waals surface area contributed by atoms with Crippen LogP contribution in [0.2, 0.25) is 10.0 Å². The van der Waals surface area contributed by atoms with Gasteiger partial charge in [-0.2, -0.15) is 0 Å². The van der Waals surface area contributed by atoms with Crippen LogP contribution in [-0.4, -0.2) is 27.4 Å². The summed E-state index contributed by atoms with van der Waals surface area (Å²) < 4.78 is 0.181. The van der Waals surface area contributed by atoms with E-state index in [1.165, 1.54) is 32.1 Å². The second-order valence-corrected chi connectivity index (χ2v) is 10.1. The van der Waals surface area contributed by atoms with Crippen molar-refractivity contribution in [1.82, 2.24) is 4.90 Å². The Hall–Kier alpha value is -0.0900. The molecule has 2 nitrogen and oxygen atoms in total. The number of nitrogens with zero attached hydrogens (tertiary/aromatic N) is 2.